The Morgan fingerprint density at radius 1 is 0.929 bits per heavy atom. The quantitative estimate of drug-likeness (QED) is 0.210. The highest BCUT2D eigenvalue weighted by molar-refractivity contribution is 5.90. The number of carbonyl (C=O) groups is 1. The number of benzene rings is 3. The number of carbonyl (C=O) groups excluding carboxylic acids is 1. The third-order valence-electron chi connectivity index (χ3n) is 7.13. The molecular formula is C34H32N4O4. The van der Waals surface area contributed by atoms with Crippen molar-refractivity contribution < 1.29 is 14.3 Å². The molecule has 0 aliphatic carbocycles. The zero-order chi connectivity index (χ0) is 29.6. The number of fused-ring (bicyclic) bond motifs is 1. The van der Waals surface area contributed by atoms with E-state index in [1.165, 1.54) is 10.6 Å². The number of nitriles is 1. The number of esters is 1. The molecular weight excluding hydrogens is 528 g/mol. The summed E-state index contributed by atoms with van der Waals surface area (Å²) in [6.07, 6.45) is 1.51. The van der Waals surface area contributed by atoms with Crippen LogP contribution < -0.4 is 10.3 Å². The summed E-state index contributed by atoms with van der Waals surface area (Å²) in [7, 11) is 3.56. The van der Waals surface area contributed by atoms with Crippen molar-refractivity contribution in [2.75, 3.05) is 20.8 Å². The Balaban J connectivity index is 1.80. The highest BCUT2D eigenvalue weighted by atomic mass is 16.5. The van der Waals surface area contributed by atoms with Crippen LogP contribution in [0.1, 0.15) is 39.7 Å². The second-order valence-corrected chi connectivity index (χ2v) is 10.0. The summed E-state index contributed by atoms with van der Waals surface area (Å²) < 4.78 is 14.0. The maximum atomic E-state index is 14.1. The zero-order valence-corrected chi connectivity index (χ0v) is 23.9. The molecule has 0 fully saturated rings. The molecule has 0 aliphatic heterocycles. The van der Waals surface area contributed by atoms with Crippen LogP contribution in [-0.2, 0) is 24.4 Å². The lowest BCUT2D eigenvalue weighted by Gasteiger charge is -2.19. The summed E-state index contributed by atoms with van der Waals surface area (Å²) in [6, 6.07) is 29.6. The molecule has 0 amide bonds. The Kier molecular flexibility index (Phi) is 8.51. The molecule has 0 unspecified atom stereocenters. The van der Waals surface area contributed by atoms with Gasteiger partial charge in [0.1, 0.15) is 28.6 Å². The lowest BCUT2D eigenvalue weighted by molar-refractivity contribution is 0.0523. The first kappa shape index (κ1) is 28.4. The highest BCUT2D eigenvalue weighted by Crippen LogP contribution is 2.34. The van der Waals surface area contributed by atoms with Crippen LogP contribution in [0.3, 0.4) is 0 Å². The third-order valence-corrected chi connectivity index (χ3v) is 7.13. The normalized spacial score (nSPS) is 11.0. The SMILES string of the molecule is CCOC(=O)c1cn(Cc2ccccc2)c2c(C#N)c(-c3ccc(OC)cc3)c(CN(C)Cc3ccccc3)n2c1=O. The molecule has 5 rings (SSSR count). The first-order valence-electron chi connectivity index (χ1n) is 13.7. The Morgan fingerprint density at radius 3 is 2.17 bits per heavy atom. The van der Waals surface area contributed by atoms with Gasteiger partial charge in [-0.1, -0.05) is 72.8 Å². The smallest absolute Gasteiger partial charge is 0.345 e. The molecule has 0 N–H and O–H groups in total. The fourth-order valence-electron chi connectivity index (χ4n) is 5.27. The number of ether oxygens (including phenoxy) is 2. The number of aromatic nitrogens is 2. The van der Waals surface area contributed by atoms with Gasteiger partial charge in [0.25, 0.3) is 5.56 Å². The predicted molar refractivity (Wildman–Crippen MR) is 161 cm³/mol. The van der Waals surface area contributed by atoms with E-state index in [4.69, 9.17) is 9.47 Å². The maximum absolute atomic E-state index is 14.1. The average molecular weight is 561 g/mol. The summed E-state index contributed by atoms with van der Waals surface area (Å²) in [5.41, 5.74) is 4.25. The average Bonchev–Trinajstić information content (AvgIpc) is 3.34. The summed E-state index contributed by atoms with van der Waals surface area (Å²) >= 11 is 0. The van der Waals surface area contributed by atoms with Crippen molar-refractivity contribution >= 4 is 11.6 Å². The van der Waals surface area contributed by atoms with Gasteiger partial charge in [-0.05, 0) is 42.8 Å². The van der Waals surface area contributed by atoms with E-state index < -0.39 is 11.5 Å². The van der Waals surface area contributed by atoms with Crippen molar-refractivity contribution in [2.45, 2.75) is 26.6 Å². The van der Waals surface area contributed by atoms with Gasteiger partial charge in [-0.2, -0.15) is 5.26 Å². The zero-order valence-electron chi connectivity index (χ0n) is 23.9. The Labute approximate surface area is 244 Å². The van der Waals surface area contributed by atoms with Gasteiger partial charge in [-0.3, -0.25) is 14.1 Å². The van der Waals surface area contributed by atoms with Gasteiger partial charge in [0.05, 0.1) is 19.4 Å². The molecule has 8 heteroatoms. The van der Waals surface area contributed by atoms with Crippen molar-refractivity contribution in [1.29, 1.82) is 5.26 Å². The molecule has 3 aromatic carbocycles. The van der Waals surface area contributed by atoms with E-state index in [0.29, 0.717) is 47.9 Å². The summed E-state index contributed by atoms with van der Waals surface area (Å²) in [6.45, 7) is 3.14. The van der Waals surface area contributed by atoms with Crippen LogP contribution in [0.15, 0.2) is 95.9 Å². The van der Waals surface area contributed by atoms with Crippen LogP contribution in [0, 0.1) is 11.3 Å². The van der Waals surface area contributed by atoms with Crippen LogP contribution in [0.2, 0.25) is 0 Å². The highest BCUT2D eigenvalue weighted by Gasteiger charge is 2.27. The molecule has 0 aliphatic rings. The van der Waals surface area contributed by atoms with Gasteiger partial charge in [0.2, 0.25) is 0 Å². The standard InChI is InChI=1S/C34H32N4O4/c1-4-42-34(40)29-22-37(21-25-13-9-6-10-14-25)32-28(19-35)31(26-15-17-27(41-3)18-16-26)30(38(32)33(29)39)23-36(2)20-24-11-7-5-8-12-24/h5-18,22H,4,20-21,23H2,1-3H3. The minimum Gasteiger partial charge on any atom is -0.497 e. The van der Waals surface area contributed by atoms with Crippen molar-refractivity contribution in [1.82, 2.24) is 13.9 Å². The van der Waals surface area contributed by atoms with E-state index in [9.17, 15) is 14.9 Å². The van der Waals surface area contributed by atoms with E-state index in [1.807, 2.05) is 92.0 Å². The Bertz CT molecular complexity index is 1800. The molecule has 212 valence electrons. The number of hydrogen-bond acceptors (Lipinski definition) is 6. The fraction of sp³-hybridized carbons (Fsp3) is 0.206. The molecule has 0 bridgehead atoms. The molecule has 0 saturated heterocycles. The van der Waals surface area contributed by atoms with Gasteiger partial charge < -0.3 is 14.0 Å². The second-order valence-electron chi connectivity index (χ2n) is 10.0. The van der Waals surface area contributed by atoms with Crippen LogP contribution in [0.25, 0.3) is 16.8 Å². The third kappa shape index (κ3) is 5.69. The van der Waals surface area contributed by atoms with Crippen LogP contribution in [0.4, 0.5) is 0 Å². The Hall–Kier alpha value is -5.13. The van der Waals surface area contributed by atoms with E-state index in [1.54, 1.807) is 18.6 Å². The topological polar surface area (TPSA) is 89.0 Å². The molecule has 0 atom stereocenters. The van der Waals surface area contributed by atoms with Crippen molar-refractivity contribution in [3.8, 4) is 22.9 Å². The lowest BCUT2D eigenvalue weighted by Crippen LogP contribution is -2.29. The van der Waals surface area contributed by atoms with Crippen LogP contribution >= 0.6 is 0 Å². The number of hydrogen-bond donors (Lipinski definition) is 0. The molecule has 5 aromatic rings. The minimum atomic E-state index is -0.701. The van der Waals surface area contributed by atoms with E-state index in [0.717, 1.165) is 16.7 Å². The fourth-order valence-corrected chi connectivity index (χ4v) is 5.27. The van der Waals surface area contributed by atoms with Crippen molar-refractivity contribution in [3.05, 3.63) is 129 Å². The molecule has 2 heterocycles. The molecule has 0 spiro atoms. The number of nitrogens with zero attached hydrogens (tertiary/aromatic N) is 4. The molecule has 0 radical (unpaired) electrons. The molecule has 8 nitrogen and oxygen atoms in total. The van der Waals surface area contributed by atoms with Gasteiger partial charge in [0, 0.05) is 31.4 Å². The minimum absolute atomic E-state index is 0.0898. The van der Waals surface area contributed by atoms with Crippen LogP contribution in [-0.4, -0.2) is 40.6 Å². The summed E-state index contributed by atoms with van der Waals surface area (Å²) in [4.78, 5) is 29.3. The van der Waals surface area contributed by atoms with Crippen molar-refractivity contribution in [3.63, 3.8) is 0 Å². The molecule has 0 saturated carbocycles. The maximum Gasteiger partial charge on any atom is 0.345 e. The monoisotopic (exact) mass is 560 g/mol. The second kappa shape index (κ2) is 12.6. The first-order valence-corrected chi connectivity index (χ1v) is 13.7. The van der Waals surface area contributed by atoms with Crippen LogP contribution in [0.5, 0.6) is 5.75 Å². The number of methoxy groups -OCH3 is 1. The van der Waals surface area contributed by atoms with Crippen molar-refractivity contribution in [2.24, 2.45) is 0 Å². The Morgan fingerprint density at radius 2 is 1.57 bits per heavy atom. The number of rotatable bonds is 10. The van der Waals surface area contributed by atoms with Gasteiger partial charge >= 0.3 is 5.97 Å². The molecule has 42 heavy (non-hydrogen) atoms. The summed E-state index contributed by atoms with van der Waals surface area (Å²) in [5, 5.41) is 10.6. The van der Waals surface area contributed by atoms with E-state index >= 15 is 0 Å². The van der Waals surface area contributed by atoms with Gasteiger partial charge in [0.15, 0.2) is 0 Å². The van der Waals surface area contributed by atoms with Gasteiger partial charge in [-0.15, -0.1) is 0 Å². The molecule has 2 aromatic heterocycles. The predicted octanol–water partition coefficient (Wildman–Crippen LogP) is 5.51. The van der Waals surface area contributed by atoms with E-state index in [2.05, 4.69) is 11.0 Å². The van der Waals surface area contributed by atoms with Gasteiger partial charge in [-0.25, -0.2) is 4.79 Å². The van der Waals surface area contributed by atoms with E-state index in [-0.39, 0.29) is 12.2 Å². The lowest BCUT2D eigenvalue weighted by atomic mass is 10.0. The summed E-state index contributed by atoms with van der Waals surface area (Å²) in [5.74, 6) is -0.0231. The first-order chi connectivity index (χ1) is 20.4. The largest absolute Gasteiger partial charge is 0.497 e.